The molecule has 5 nitrogen and oxygen atoms in total. The summed E-state index contributed by atoms with van der Waals surface area (Å²) in [6, 6.07) is 39.2. The first-order chi connectivity index (χ1) is 20.7. The zero-order valence-electron chi connectivity index (χ0n) is 23.6. The summed E-state index contributed by atoms with van der Waals surface area (Å²) < 4.78 is 5.96. The highest BCUT2D eigenvalue weighted by Crippen LogP contribution is 2.43. The number of hydrogen-bond acceptors (Lipinski definition) is 4. The van der Waals surface area contributed by atoms with Gasteiger partial charge in [-0.3, -0.25) is 4.79 Å². The van der Waals surface area contributed by atoms with Gasteiger partial charge in [0, 0.05) is 18.0 Å². The number of aryl methyl sites for hydroxylation is 1. The lowest BCUT2D eigenvalue weighted by atomic mass is 9.89. The summed E-state index contributed by atoms with van der Waals surface area (Å²) in [6.07, 6.45) is 7.05. The lowest BCUT2D eigenvalue weighted by Gasteiger charge is -2.17. The topological polar surface area (TPSA) is 63.0 Å². The molecule has 4 aromatic carbocycles. The number of carbonyl (C=O) groups excluding carboxylic acids is 1. The first-order valence-corrected chi connectivity index (χ1v) is 14.3. The number of hydrogen-bond donors (Lipinski definition) is 1. The van der Waals surface area contributed by atoms with Crippen molar-refractivity contribution >= 4 is 17.5 Å². The van der Waals surface area contributed by atoms with Crippen molar-refractivity contribution < 1.29 is 9.53 Å². The molecule has 6 rings (SSSR count). The number of amides is 1. The van der Waals surface area contributed by atoms with E-state index in [0.29, 0.717) is 11.8 Å². The van der Waals surface area contributed by atoms with Crippen molar-refractivity contribution in [3.8, 4) is 0 Å². The normalized spacial score (nSPS) is 19.7. The maximum atomic E-state index is 12.8. The van der Waals surface area contributed by atoms with Crippen molar-refractivity contribution in [3.05, 3.63) is 167 Å². The third-order valence-corrected chi connectivity index (χ3v) is 7.84. The van der Waals surface area contributed by atoms with E-state index in [-0.39, 0.29) is 24.3 Å². The van der Waals surface area contributed by atoms with Crippen LogP contribution in [0.1, 0.15) is 52.0 Å². The Balaban J connectivity index is 1.12. The largest absolute Gasteiger partial charge is 0.469 e. The second kappa shape index (κ2) is 12.6. The van der Waals surface area contributed by atoms with Crippen molar-refractivity contribution in [1.29, 1.82) is 0 Å². The summed E-state index contributed by atoms with van der Waals surface area (Å²) in [5, 5.41) is 11.7. The van der Waals surface area contributed by atoms with E-state index in [4.69, 9.17) is 4.74 Å². The number of allylic oxidation sites excluding steroid dienone is 3. The summed E-state index contributed by atoms with van der Waals surface area (Å²) >= 11 is 0. The molecule has 0 bridgehead atoms. The van der Waals surface area contributed by atoms with Crippen LogP contribution in [0.3, 0.4) is 0 Å². The fourth-order valence-corrected chi connectivity index (χ4v) is 5.68. The van der Waals surface area contributed by atoms with Gasteiger partial charge < -0.3 is 10.1 Å². The van der Waals surface area contributed by atoms with Gasteiger partial charge in [-0.15, -0.1) is 5.10 Å². The molecule has 0 saturated carbocycles. The Hall–Kier alpha value is -5.03. The van der Waals surface area contributed by atoms with Gasteiger partial charge in [-0.25, -0.2) is 0 Å². The first-order valence-electron chi connectivity index (χ1n) is 14.3. The number of carbonyl (C=O) groups is 1. The number of ether oxygens (including phenoxy) is 1. The van der Waals surface area contributed by atoms with Crippen LogP contribution in [0.15, 0.2) is 149 Å². The third kappa shape index (κ3) is 6.16. The Morgan fingerprint density at radius 2 is 1.45 bits per heavy atom. The average Bonchev–Trinajstić information content (AvgIpc) is 3.67. The molecule has 1 heterocycles. The van der Waals surface area contributed by atoms with Crippen LogP contribution in [0.2, 0.25) is 0 Å². The van der Waals surface area contributed by atoms with Gasteiger partial charge in [0.15, 0.2) is 6.61 Å². The molecule has 1 aliphatic carbocycles. The first kappa shape index (κ1) is 27.2. The number of rotatable bonds is 8. The molecular weight excluding hydrogens is 518 g/mol. The average molecular weight is 552 g/mol. The molecule has 1 aliphatic heterocycles. The smallest absolute Gasteiger partial charge is 0.261 e. The molecule has 3 atom stereocenters. The zero-order valence-corrected chi connectivity index (χ0v) is 23.6. The van der Waals surface area contributed by atoms with E-state index in [1.807, 2.05) is 72.8 Å². The standard InChI is InChI=1S/C37H33N3O2/c1-26-17-19-28(20-18-26)33-24-32(27-11-5-2-6-12-27)23-31(33)21-22-38-34(41)25-42-37-35(29-13-7-3-8-14-29)36(39-40-37)30-15-9-4-10-16-30/h2-23,32-33,35H,24-25H2,1H3,(H,38,41)/b22-21+. The Morgan fingerprint density at radius 1 is 0.810 bits per heavy atom. The van der Waals surface area contributed by atoms with E-state index >= 15 is 0 Å². The van der Waals surface area contributed by atoms with E-state index in [1.54, 1.807) is 6.20 Å². The minimum absolute atomic E-state index is 0.156. The highest BCUT2D eigenvalue weighted by molar-refractivity contribution is 6.19. The van der Waals surface area contributed by atoms with Crippen molar-refractivity contribution in [2.24, 2.45) is 10.2 Å². The monoisotopic (exact) mass is 551 g/mol. The molecule has 5 heteroatoms. The van der Waals surface area contributed by atoms with Crippen LogP contribution in [-0.2, 0) is 9.53 Å². The van der Waals surface area contributed by atoms with Gasteiger partial charge in [-0.05, 0) is 47.2 Å². The molecule has 0 fully saturated rings. The second-order valence-corrected chi connectivity index (χ2v) is 10.7. The summed E-state index contributed by atoms with van der Waals surface area (Å²) in [5.74, 6) is 0.478. The molecule has 1 N–H and O–H groups in total. The van der Waals surface area contributed by atoms with Crippen LogP contribution < -0.4 is 5.32 Å². The molecule has 0 saturated heterocycles. The van der Waals surface area contributed by atoms with Gasteiger partial charge in [-0.1, -0.05) is 127 Å². The van der Waals surface area contributed by atoms with Crippen molar-refractivity contribution in [2.75, 3.05) is 6.61 Å². The summed E-state index contributed by atoms with van der Waals surface area (Å²) in [6.45, 7) is 1.95. The summed E-state index contributed by atoms with van der Waals surface area (Å²) in [7, 11) is 0. The van der Waals surface area contributed by atoms with Gasteiger partial charge in [0.2, 0.25) is 5.90 Å². The van der Waals surface area contributed by atoms with Crippen LogP contribution in [-0.4, -0.2) is 24.1 Å². The van der Waals surface area contributed by atoms with E-state index in [2.05, 4.69) is 77.1 Å². The second-order valence-electron chi connectivity index (χ2n) is 10.7. The SMILES string of the molecule is Cc1ccc(C2CC(c3ccccc3)C=C2/C=C/NC(=O)COC2=NN=C(c3ccccc3)C2c2ccccc2)cc1. The summed E-state index contributed by atoms with van der Waals surface area (Å²) in [4.78, 5) is 12.8. The van der Waals surface area contributed by atoms with Crippen molar-refractivity contribution in [3.63, 3.8) is 0 Å². The third-order valence-electron chi connectivity index (χ3n) is 7.84. The predicted octanol–water partition coefficient (Wildman–Crippen LogP) is 7.44. The van der Waals surface area contributed by atoms with E-state index < -0.39 is 0 Å². The minimum Gasteiger partial charge on any atom is -0.469 e. The highest BCUT2D eigenvalue weighted by atomic mass is 16.5. The lowest BCUT2D eigenvalue weighted by Crippen LogP contribution is -2.28. The van der Waals surface area contributed by atoms with Crippen LogP contribution in [0.5, 0.6) is 0 Å². The quantitative estimate of drug-likeness (QED) is 0.247. The summed E-state index contributed by atoms with van der Waals surface area (Å²) in [5.41, 5.74) is 7.82. The maximum absolute atomic E-state index is 12.8. The number of nitrogens with one attached hydrogen (secondary N) is 1. The van der Waals surface area contributed by atoms with Gasteiger partial charge in [0.1, 0.15) is 5.92 Å². The molecule has 42 heavy (non-hydrogen) atoms. The molecule has 0 spiro atoms. The van der Waals surface area contributed by atoms with Crippen LogP contribution >= 0.6 is 0 Å². The lowest BCUT2D eigenvalue weighted by molar-refractivity contribution is -0.122. The van der Waals surface area contributed by atoms with Gasteiger partial charge in [0.05, 0.1) is 5.71 Å². The fraction of sp³-hybridized carbons (Fsp3) is 0.162. The van der Waals surface area contributed by atoms with E-state index in [1.165, 1.54) is 22.3 Å². The van der Waals surface area contributed by atoms with E-state index in [9.17, 15) is 4.79 Å². The zero-order chi connectivity index (χ0) is 28.7. The van der Waals surface area contributed by atoms with Gasteiger partial charge >= 0.3 is 0 Å². The fourth-order valence-electron chi connectivity index (χ4n) is 5.68. The Morgan fingerprint density at radius 3 is 2.14 bits per heavy atom. The Bertz CT molecular complexity index is 1640. The Labute approximate surface area is 247 Å². The molecule has 3 unspecified atom stereocenters. The maximum Gasteiger partial charge on any atom is 0.261 e. The minimum atomic E-state index is -0.272. The van der Waals surface area contributed by atoms with Crippen LogP contribution in [0.4, 0.5) is 0 Å². The number of benzene rings is 4. The number of nitrogens with zero attached hydrogens (tertiary/aromatic N) is 2. The molecule has 2 aliphatic rings. The van der Waals surface area contributed by atoms with E-state index in [0.717, 1.165) is 23.3 Å². The molecule has 0 aromatic heterocycles. The molecular formula is C37H33N3O2. The van der Waals surface area contributed by atoms with Crippen molar-refractivity contribution in [2.45, 2.75) is 31.1 Å². The Kier molecular flexibility index (Phi) is 8.18. The molecule has 1 amide bonds. The van der Waals surface area contributed by atoms with Crippen LogP contribution in [0, 0.1) is 6.92 Å². The predicted molar refractivity (Wildman–Crippen MR) is 169 cm³/mol. The molecule has 0 radical (unpaired) electrons. The molecule has 4 aromatic rings. The van der Waals surface area contributed by atoms with Gasteiger partial charge in [-0.2, -0.15) is 5.10 Å². The van der Waals surface area contributed by atoms with Crippen LogP contribution in [0.25, 0.3) is 0 Å². The van der Waals surface area contributed by atoms with Gasteiger partial charge in [0.25, 0.3) is 5.91 Å². The molecule has 208 valence electrons. The van der Waals surface area contributed by atoms with Crippen molar-refractivity contribution in [1.82, 2.24) is 5.32 Å². The highest BCUT2D eigenvalue weighted by Gasteiger charge is 2.32.